The summed E-state index contributed by atoms with van der Waals surface area (Å²) in [4.78, 5) is 17.6. The van der Waals surface area contributed by atoms with Crippen molar-refractivity contribution < 1.29 is 14.3 Å². The van der Waals surface area contributed by atoms with E-state index in [2.05, 4.69) is 20.7 Å². The number of nitrogens with one attached hydrogen (secondary N) is 2. The van der Waals surface area contributed by atoms with Gasteiger partial charge in [-0.05, 0) is 36.8 Å². The maximum Gasteiger partial charge on any atom is 0.232 e. The van der Waals surface area contributed by atoms with E-state index in [4.69, 9.17) is 9.47 Å². The van der Waals surface area contributed by atoms with Crippen molar-refractivity contribution in [3.63, 3.8) is 0 Å². The second-order valence-electron chi connectivity index (χ2n) is 6.90. The molecule has 3 atom stereocenters. The van der Waals surface area contributed by atoms with Crippen molar-refractivity contribution in [2.24, 2.45) is 5.92 Å². The first-order valence-corrected chi connectivity index (χ1v) is 9.36. The lowest BCUT2D eigenvalue weighted by Gasteiger charge is -2.37. The van der Waals surface area contributed by atoms with E-state index in [9.17, 15) is 4.79 Å². The molecule has 1 aliphatic rings. The largest absolute Gasteiger partial charge is 0.493 e. The molecular weight excluding hydrogens is 370 g/mol. The molecule has 0 saturated carbocycles. The fourth-order valence-corrected chi connectivity index (χ4v) is 3.78. The second kappa shape index (κ2) is 7.83. The number of ether oxygens (including phenoxy) is 2. The minimum absolute atomic E-state index is 0.0999. The summed E-state index contributed by atoms with van der Waals surface area (Å²) in [6.45, 7) is 1.97. The average molecular weight is 393 g/mol. The number of aromatic nitrogens is 3. The molecule has 0 saturated heterocycles. The first-order valence-electron chi connectivity index (χ1n) is 9.36. The van der Waals surface area contributed by atoms with Crippen LogP contribution in [0.2, 0.25) is 0 Å². The number of methoxy groups -OCH3 is 2. The highest BCUT2D eigenvalue weighted by Crippen LogP contribution is 2.39. The first-order chi connectivity index (χ1) is 14.1. The molecule has 2 aromatic carbocycles. The Bertz CT molecular complexity index is 1000. The monoisotopic (exact) mass is 393 g/mol. The summed E-state index contributed by atoms with van der Waals surface area (Å²) < 4.78 is 12.6. The van der Waals surface area contributed by atoms with Gasteiger partial charge in [0.15, 0.2) is 11.5 Å². The van der Waals surface area contributed by atoms with Crippen LogP contribution in [0.1, 0.15) is 18.5 Å². The van der Waals surface area contributed by atoms with Gasteiger partial charge in [0.25, 0.3) is 0 Å². The molecule has 2 heterocycles. The van der Waals surface area contributed by atoms with Crippen LogP contribution in [0.25, 0.3) is 0 Å². The number of para-hydroxylation sites is 1. The zero-order valence-corrected chi connectivity index (χ0v) is 16.5. The van der Waals surface area contributed by atoms with Crippen LogP contribution < -0.4 is 20.1 Å². The van der Waals surface area contributed by atoms with Crippen LogP contribution in [0.5, 0.6) is 11.5 Å². The predicted molar refractivity (Wildman–Crippen MR) is 109 cm³/mol. The predicted octanol–water partition coefficient (Wildman–Crippen LogP) is 2.95. The van der Waals surface area contributed by atoms with Crippen molar-refractivity contribution >= 4 is 17.5 Å². The lowest BCUT2D eigenvalue weighted by molar-refractivity contribution is -0.121. The molecule has 4 rings (SSSR count). The molecule has 1 amide bonds. The van der Waals surface area contributed by atoms with E-state index < -0.39 is 5.92 Å². The molecule has 1 aromatic heterocycles. The third-order valence-corrected chi connectivity index (χ3v) is 5.17. The summed E-state index contributed by atoms with van der Waals surface area (Å²) >= 11 is 0. The Labute approximate surface area is 168 Å². The van der Waals surface area contributed by atoms with Gasteiger partial charge >= 0.3 is 0 Å². The Hall–Kier alpha value is -3.55. The lowest BCUT2D eigenvalue weighted by Crippen LogP contribution is -2.46. The van der Waals surface area contributed by atoms with Crippen LogP contribution in [-0.4, -0.2) is 40.9 Å². The highest BCUT2D eigenvalue weighted by atomic mass is 16.5. The quantitative estimate of drug-likeness (QED) is 0.693. The van der Waals surface area contributed by atoms with Gasteiger partial charge in [-0.25, -0.2) is 4.68 Å². The van der Waals surface area contributed by atoms with Gasteiger partial charge in [0.1, 0.15) is 6.33 Å². The molecule has 3 aromatic rings. The number of benzene rings is 2. The smallest absolute Gasteiger partial charge is 0.232 e. The lowest BCUT2D eigenvalue weighted by atomic mass is 9.85. The summed E-state index contributed by atoms with van der Waals surface area (Å²) in [5, 5.41) is 10.7. The van der Waals surface area contributed by atoms with Crippen molar-refractivity contribution in [1.29, 1.82) is 0 Å². The number of carbonyl (C=O) groups is 1. The van der Waals surface area contributed by atoms with Crippen LogP contribution >= 0.6 is 0 Å². The second-order valence-corrected chi connectivity index (χ2v) is 6.90. The normalized spacial score (nSPS) is 20.3. The van der Waals surface area contributed by atoms with Gasteiger partial charge in [0, 0.05) is 11.7 Å². The number of amides is 1. The number of anilines is 2. The Morgan fingerprint density at radius 3 is 2.59 bits per heavy atom. The summed E-state index contributed by atoms with van der Waals surface area (Å²) in [5.41, 5.74) is 1.64. The van der Waals surface area contributed by atoms with Crippen LogP contribution in [0, 0.1) is 5.92 Å². The van der Waals surface area contributed by atoms with E-state index in [1.165, 1.54) is 6.33 Å². The molecule has 2 N–H and O–H groups in total. The maximum atomic E-state index is 13.3. The van der Waals surface area contributed by atoms with Crippen LogP contribution in [0.15, 0.2) is 54.9 Å². The van der Waals surface area contributed by atoms with E-state index in [-0.39, 0.29) is 18.0 Å². The number of rotatable bonds is 5. The van der Waals surface area contributed by atoms with Crippen LogP contribution in [0.3, 0.4) is 0 Å². The van der Waals surface area contributed by atoms with Crippen LogP contribution in [-0.2, 0) is 4.79 Å². The van der Waals surface area contributed by atoms with Gasteiger partial charge in [-0.15, -0.1) is 0 Å². The third-order valence-electron chi connectivity index (χ3n) is 5.17. The summed E-state index contributed by atoms with van der Waals surface area (Å²) in [7, 11) is 3.18. The molecule has 0 unspecified atom stereocenters. The molecular formula is C21H23N5O3. The number of hydrogen-bond donors (Lipinski definition) is 2. The molecule has 0 aliphatic carbocycles. The van der Waals surface area contributed by atoms with Crippen molar-refractivity contribution in [3.05, 3.63) is 60.4 Å². The molecule has 8 nitrogen and oxygen atoms in total. The van der Waals surface area contributed by atoms with E-state index in [1.54, 1.807) is 18.9 Å². The van der Waals surface area contributed by atoms with Crippen molar-refractivity contribution in [3.8, 4) is 11.5 Å². The molecule has 0 fully saturated rings. The molecule has 1 aliphatic heterocycles. The Morgan fingerprint density at radius 1 is 1.10 bits per heavy atom. The Balaban J connectivity index is 1.76. The molecule has 0 radical (unpaired) electrons. The van der Waals surface area contributed by atoms with E-state index in [0.717, 1.165) is 11.3 Å². The zero-order chi connectivity index (χ0) is 20.4. The number of hydrogen-bond acceptors (Lipinski definition) is 6. The number of carbonyl (C=O) groups excluding carboxylic acids is 1. The summed E-state index contributed by atoms with van der Waals surface area (Å²) in [5.74, 6) is 1.32. The van der Waals surface area contributed by atoms with E-state index in [1.807, 2.05) is 55.5 Å². The number of fused-ring (bicyclic) bond motifs is 1. The average Bonchev–Trinajstić information content (AvgIpc) is 3.20. The topological polar surface area (TPSA) is 90.3 Å². The molecule has 29 heavy (non-hydrogen) atoms. The fraction of sp³-hybridized carbons (Fsp3) is 0.286. The molecule has 0 bridgehead atoms. The highest BCUT2D eigenvalue weighted by molar-refractivity contribution is 5.94. The van der Waals surface area contributed by atoms with Gasteiger partial charge in [0.05, 0.1) is 26.2 Å². The van der Waals surface area contributed by atoms with Gasteiger partial charge < -0.3 is 20.1 Å². The first kappa shape index (κ1) is 18.8. The summed E-state index contributed by atoms with van der Waals surface area (Å²) in [6.07, 6.45) is 1.49. The maximum absolute atomic E-state index is 13.3. The standard InChI is InChI=1S/C21H23N5O3/c1-13-18(20(27)25-15-7-5-4-6-8-15)19(26-21(24-13)22-12-23-26)14-9-10-16(28-2)17(11-14)29-3/h4-13,18-19H,1-3H3,(H,25,27)(H,22,23,24)/t13-,18+,19-/m0/s1. The van der Waals surface area contributed by atoms with Crippen molar-refractivity contribution in [2.45, 2.75) is 19.0 Å². The minimum atomic E-state index is -0.428. The highest BCUT2D eigenvalue weighted by Gasteiger charge is 2.41. The van der Waals surface area contributed by atoms with E-state index >= 15 is 0 Å². The minimum Gasteiger partial charge on any atom is -0.493 e. The van der Waals surface area contributed by atoms with Gasteiger partial charge in [0.2, 0.25) is 11.9 Å². The molecule has 150 valence electrons. The zero-order valence-electron chi connectivity index (χ0n) is 16.5. The Kier molecular flexibility index (Phi) is 5.07. The fourth-order valence-electron chi connectivity index (χ4n) is 3.78. The summed E-state index contributed by atoms with van der Waals surface area (Å²) in [6, 6.07) is 14.6. The van der Waals surface area contributed by atoms with Crippen LogP contribution in [0.4, 0.5) is 11.6 Å². The van der Waals surface area contributed by atoms with Gasteiger partial charge in [-0.2, -0.15) is 10.1 Å². The molecule has 8 heteroatoms. The number of nitrogens with zero attached hydrogens (tertiary/aromatic N) is 3. The van der Waals surface area contributed by atoms with Crippen molar-refractivity contribution in [2.75, 3.05) is 24.9 Å². The third kappa shape index (κ3) is 3.49. The van der Waals surface area contributed by atoms with Crippen molar-refractivity contribution in [1.82, 2.24) is 14.8 Å². The Morgan fingerprint density at radius 2 is 1.86 bits per heavy atom. The molecule has 0 spiro atoms. The SMILES string of the molecule is COc1ccc([C@H]2[C@H](C(=O)Nc3ccccc3)[C@H](C)Nc3ncnn32)cc1OC. The van der Waals surface area contributed by atoms with Gasteiger partial charge in [-0.1, -0.05) is 24.3 Å². The van der Waals surface area contributed by atoms with E-state index in [0.29, 0.717) is 17.4 Å². The van der Waals surface area contributed by atoms with Gasteiger partial charge in [-0.3, -0.25) is 4.79 Å².